The molecule has 4 heterocycles. The summed E-state index contributed by atoms with van der Waals surface area (Å²) < 4.78 is 33.0. The summed E-state index contributed by atoms with van der Waals surface area (Å²) >= 11 is 5.86. The van der Waals surface area contributed by atoms with Crippen molar-refractivity contribution in [1.82, 2.24) is 25.1 Å². The highest BCUT2D eigenvalue weighted by Crippen LogP contribution is 2.51. The maximum Gasteiger partial charge on any atom is 0.265 e. The highest BCUT2D eigenvalue weighted by Gasteiger charge is 2.56. The van der Waals surface area contributed by atoms with Crippen LogP contribution in [0.25, 0.3) is 22.2 Å². The van der Waals surface area contributed by atoms with Crippen LogP contribution in [0, 0.1) is 17.2 Å². The van der Waals surface area contributed by atoms with Crippen molar-refractivity contribution in [3.8, 4) is 22.9 Å². The van der Waals surface area contributed by atoms with Gasteiger partial charge in [-0.1, -0.05) is 17.7 Å². The van der Waals surface area contributed by atoms with E-state index in [-0.39, 0.29) is 37.5 Å². The fraction of sp³-hybridized carbons (Fsp3) is 0.250. The van der Waals surface area contributed by atoms with E-state index >= 15 is 0 Å². The Labute approximate surface area is 207 Å². The van der Waals surface area contributed by atoms with Crippen molar-refractivity contribution < 1.29 is 18.3 Å². The van der Waals surface area contributed by atoms with Gasteiger partial charge in [-0.2, -0.15) is 10.4 Å². The second kappa shape index (κ2) is 8.20. The zero-order chi connectivity index (χ0) is 25.0. The number of pyridine rings is 1. The largest absolute Gasteiger partial charge is 0.482 e. The van der Waals surface area contributed by atoms with Gasteiger partial charge < -0.3 is 4.74 Å². The third-order valence-electron chi connectivity index (χ3n) is 6.35. The SMILES string of the molecule is N#Cc1c(CC2CC2(F)F)nc2[nH]ncc2c1-c1ccc2c(c1)OCC(=O)N2Cc1ncc(Cl)cn1. The Bertz CT molecular complexity index is 1570. The van der Waals surface area contributed by atoms with Gasteiger partial charge in [-0.05, 0) is 24.1 Å². The molecule has 3 aromatic heterocycles. The number of alkyl halides is 2. The molecule has 2 aliphatic rings. The number of benzene rings is 1. The number of hydrogen-bond donors (Lipinski definition) is 1. The number of ether oxygens (including phenoxy) is 1. The molecule has 1 aliphatic heterocycles. The van der Waals surface area contributed by atoms with Crippen molar-refractivity contribution in [2.24, 2.45) is 5.92 Å². The zero-order valence-corrected chi connectivity index (χ0v) is 19.3. The number of nitrogens with zero attached hydrogens (tertiary/aromatic N) is 6. The predicted molar refractivity (Wildman–Crippen MR) is 125 cm³/mol. The predicted octanol–water partition coefficient (Wildman–Crippen LogP) is 4.06. The average Bonchev–Trinajstić information content (AvgIpc) is 3.23. The molecule has 9 nitrogen and oxygen atoms in total. The Morgan fingerprint density at radius 3 is 2.78 bits per heavy atom. The van der Waals surface area contributed by atoms with Crippen molar-refractivity contribution in [2.75, 3.05) is 11.5 Å². The van der Waals surface area contributed by atoms with Crippen LogP contribution in [-0.2, 0) is 17.8 Å². The van der Waals surface area contributed by atoms with E-state index < -0.39 is 11.8 Å². The lowest BCUT2D eigenvalue weighted by Gasteiger charge is -2.29. The van der Waals surface area contributed by atoms with Crippen LogP contribution in [0.4, 0.5) is 14.5 Å². The van der Waals surface area contributed by atoms with Crippen molar-refractivity contribution in [2.45, 2.75) is 25.3 Å². The molecule has 1 unspecified atom stereocenters. The summed E-state index contributed by atoms with van der Waals surface area (Å²) in [5.74, 6) is -3.01. The molecule has 1 amide bonds. The van der Waals surface area contributed by atoms with Crippen LogP contribution in [0.5, 0.6) is 5.75 Å². The summed E-state index contributed by atoms with van der Waals surface area (Å²) in [6, 6.07) is 7.33. The number of rotatable bonds is 5. The number of nitrogens with one attached hydrogen (secondary N) is 1. The van der Waals surface area contributed by atoms with E-state index in [0.29, 0.717) is 50.1 Å². The zero-order valence-electron chi connectivity index (χ0n) is 18.5. The number of carbonyl (C=O) groups excluding carboxylic acids is 1. The Kier molecular flexibility index (Phi) is 5.08. The minimum Gasteiger partial charge on any atom is -0.482 e. The van der Waals surface area contributed by atoms with Gasteiger partial charge in [0.2, 0.25) is 0 Å². The Morgan fingerprint density at radius 1 is 1.28 bits per heavy atom. The van der Waals surface area contributed by atoms with Gasteiger partial charge in [0.05, 0.1) is 34.7 Å². The van der Waals surface area contributed by atoms with Crippen molar-refractivity contribution in [1.29, 1.82) is 5.26 Å². The summed E-state index contributed by atoms with van der Waals surface area (Å²) in [4.78, 5) is 26.9. The Hall–Kier alpha value is -4.17. The normalized spacial score (nSPS) is 18.0. The molecule has 36 heavy (non-hydrogen) atoms. The number of amides is 1. The number of H-pyrrole nitrogens is 1. The first-order valence-electron chi connectivity index (χ1n) is 11.0. The van der Waals surface area contributed by atoms with Gasteiger partial charge in [0.25, 0.3) is 11.8 Å². The summed E-state index contributed by atoms with van der Waals surface area (Å²) in [6.07, 6.45) is 4.22. The fourth-order valence-corrected chi connectivity index (χ4v) is 4.50. The number of hydrogen-bond acceptors (Lipinski definition) is 7. The smallest absolute Gasteiger partial charge is 0.265 e. The maximum atomic E-state index is 13.6. The monoisotopic (exact) mass is 507 g/mol. The minimum absolute atomic E-state index is 0.0112. The highest BCUT2D eigenvalue weighted by molar-refractivity contribution is 6.30. The molecule has 0 saturated heterocycles. The molecule has 1 aromatic carbocycles. The van der Waals surface area contributed by atoms with Crippen LogP contribution < -0.4 is 9.64 Å². The minimum atomic E-state index is -2.74. The van der Waals surface area contributed by atoms with Crippen LogP contribution in [-0.4, -0.2) is 43.6 Å². The molecule has 0 bridgehead atoms. The average molecular weight is 508 g/mol. The first kappa shape index (κ1) is 22.3. The molecular weight excluding hydrogens is 492 g/mol. The fourth-order valence-electron chi connectivity index (χ4n) is 4.41. The van der Waals surface area contributed by atoms with Gasteiger partial charge in [0.15, 0.2) is 12.3 Å². The molecule has 4 aromatic rings. The third kappa shape index (κ3) is 3.79. The molecule has 0 radical (unpaired) electrons. The first-order valence-corrected chi connectivity index (χ1v) is 11.4. The van der Waals surface area contributed by atoms with Crippen LogP contribution in [0.3, 0.4) is 0 Å². The third-order valence-corrected chi connectivity index (χ3v) is 6.54. The Balaban J connectivity index is 1.42. The van der Waals surface area contributed by atoms with E-state index in [1.54, 1.807) is 24.4 Å². The second-order valence-electron chi connectivity index (χ2n) is 8.69. The summed E-state index contributed by atoms with van der Waals surface area (Å²) in [6.45, 7) is -0.0647. The van der Waals surface area contributed by atoms with Gasteiger partial charge in [0.1, 0.15) is 17.6 Å². The van der Waals surface area contributed by atoms with E-state index in [9.17, 15) is 18.8 Å². The molecular formula is C24H16ClF2N7O2. The number of carbonyl (C=O) groups is 1. The van der Waals surface area contributed by atoms with E-state index in [1.165, 1.54) is 17.3 Å². The molecule has 0 spiro atoms. The summed E-state index contributed by atoms with van der Waals surface area (Å²) in [5, 5.41) is 17.8. The summed E-state index contributed by atoms with van der Waals surface area (Å²) in [5.41, 5.74) is 2.55. The topological polar surface area (TPSA) is 121 Å². The van der Waals surface area contributed by atoms with Crippen LogP contribution in [0.1, 0.15) is 23.5 Å². The number of fused-ring (bicyclic) bond motifs is 2. The molecule has 1 N–H and O–H groups in total. The highest BCUT2D eigenvalue weighted by atomic mass is 35.5. The van der Waals surface area contributed by atoms with Gasteiger partial charge in [-0.25, -0.2) is 23.7 Å². The molecule has 12 heteroatoms. The lowest BCUT2D eigenvalue weighted by Crippen LogP contribution is -2.38. The number of aromatic nitrogens is 5. The van der Waals surface area contributed by atoms with Gasteiger partial charge in [-0.15, -0.1) is 0 Å². The molecule has 1 atom stereocenters. The first-order chi connectivity index (χ1) is 17.3. The second-order valence-corrected chi connectivity index (χ2v) is 9.12. The lowest BCUT2D eigenvalue weighted by atomic mass is 9.94. The summed E-state index contributed by atoms with van der Waals surface area (Å²) in [7, 11) is 0. The van der Waals surface area contributed by atoms with Crippen LogP contribution in [0.2, 0.25) is 5.02 Å². The van der Waals surface area contributed by atoms with Crippen molar-refractivity contribution in [3.05, 3.63) is 58.9 Å². The van der Waals surface area contributed by atoms with E-state index in [0.717, 1.165) is 0 Å². The van der Waals surface area contributed by atoms with E-state index in [2.05, 4.69) is 31.2 Å². The van der Waals surface area contributed by atoms with Gasteiger partial charge in [0, 0.05) is 35.7 Å². The van der Waals surface area contributed by atoms with E-state index in [1.807, 2.05) is 0 Å². The number of halogens is 3. The van der Waals surface area contributed by atoms with E-state index in [4.69, 9.17) is 16.3 Å². The molecule has 1 aliphatic carbocycles. The molecule has 1 fully saturated rings. The van der Waals surface area contributed by atoms with Gasteiger partial charge >= 0.3 is 0 Å². The van der Waals surface area contributed by atoms with Crippen molar-refractivity contribution in [3.63, 3.8) is 0 Å². The van der Waals surface area contributed by atoms with Gasteiger partial charge in [-0.3, -0.25) is 14.8 Å². The standard InChI is InChI=1S/C24H16ClF2N7O2/c25-14-7-29-20(30-8-14)10-34-18-2-1-12(3-19(18)36-11-21(34)35)22-15(6-28)17(4-13-5-24(13,26)27)32-23-16(22)9-31-33-23/h1-3,7-9,13H,4-5,10-11H2,(H,31,32,33). The number of anilines is 1. The van der Waals surface area contributed by atoms with Crippen molar-refractivity contribution >= 4 is 34.2 Å². The molecule has 180 valence electrons. The number of aromatic amines is 1. The lowest BCUT2D eigenvalue weighted by molar-refractivity contribution is -0.121. The molecule has 6 rings (SSSR count). The van der Waals surface area contributed by atoms with Crippen LogP contribution in [0.15, 0.2) is 36.8 Å². The maximum absolute atomic E-state index is 13.6. The number of nitriles is 1. The van der Waals surface area contributed by atoms with Crippen LogP contribution >= 0.6 is 11.6 Å². The Morgan fingerprint density at radius 2 is 2.06 bits per heavy atom. The quantitative estimate of drug-likeness (QED) is 0.432. The molecule has 1 saturated carbocycles.